The number of aliphatic hydroxyl groups excluding tert-OH is 1. The summed E-state index contributed by atoms with van der Waals surface area (Å²) < 4.78 is 0. The Morgan fingerprint density at radius 1 is 0.625 bits per heavy atom. The van der Waals surface area contributed by atoms with Crippen LogP contribution >= 0.6 is 0 Å². The number of phenols is 2. The Labute approximate surface area is 364 Å². The average molecular weight is 882 g/mol. The molecule has 334 valence electrons. The third-order valence-electron chi connectivity index (χ3n) is 8.22. The molecule has 0 amide bonds. The van der Waals surface area contributed by atoms with Gasteiger partial charge in [-0.2, -0.15) is 0 Å². The van der Waals surface area contributed by atoms with Gasteiger partial charge in [-0.05, 0) is 86.5 Å². The molecule has 1 atom stereocenters. The lowest BCUT2D eigenvalue weighted by Gasteiger charge is -2.06. The quantitative estimate of drug-likeness (QED) is 0.0133. The van der Waals surface area contributed by atoms with E-state index in [0.717, 1.165) is 41.0 Å². The fourth-order valence-electron chi connectivity index (χ4n) is 5.03. The summed E-state index contributed by atoms with van der Waals surface area (Å²) in [5, 5.41) is 69.2. The molecule has 1 unspecified atom stereocenters. The van der Waals surface area contributed by atoms with Gasteiger partial charge in [-0.15, -0.1) is 6.58 Å². The van der Waals surface area contributed by atoms with Crippen LogP contribution in [-0.2, 0) is 0 Å². The Hall–Kier alpha value is -8.78. The number of nitro benzene ring substituents is 4. The van der Waals surface area contributed by atoms with E-state index < -0.39 is 31.6 Å². The van der Waals surface area contributed by atoms with Crippen LogP contribution in [0.4, 0.5) is 28.4 Å². The van der Waals surface area contributed by atoms with Crippen LogP contribution in [0.15, 0.2) is 116 Å². The van der Waals surface area contributed by atoms with E-state index in [1.807, 2.05) is 6.92 Å². The molecule has 5 rings (SSSR count). The second kappa shape index (κ2) is 25.8. The zero-order valence-electron chi connectivity index (χ0n) is 34.8. The van der Waals surface area contributed by atoms with Crippen molar-refractivity contribution in [2.24, 2.45) is 0 Å². The summed E-state index contributed by atoms with van der Waals surface area (Å²) in [6.45, 7) is 13.8. The number of aldehydes is 2. The number of Topliss-reactive ketones (excluding diaryl/α,β-unsaturated/α-hetero) is 1. The molecule has 0 bridgehead atoms. The molecule has 0 fully saturated rings. The van der Waals surface area contributed by atoms with Gasteiger partial charge in [0.25, 0.3) is 22.7 Å². The Kier molecular flexibility index (Phi) is 21.4. The van der Waals surface area contributed by atoms with Gasteiger partial charge in [-0.1, -0.05) is 43.3 Å². The Morgan fingerprint density at radius 2 is 1.05 bits per heavy atom. The van der Waals surface area contributed by atoms with E-state index in [-0.39, 0.29) is 62.3 Å². The number of carbonyl (C=O) groups is 4. The molecule has 0 saturated carbocycles. The summed E-state index contributed by atoms with van der Waals surface area (Å²) in [4.78, 5) is 82.6. The summed E-state index contributed by atoms with van der Waals surface area (Å²) in [5.74, 6) is -0.576. The van der Waals surface area contributed by atoms with E-state index in [1.54, 1.807) is 45.0 Å². The lowest BCUT2D eigenvalue weighted by atomic mass is 10.0. The van der Waals surface area contributed by atoms with Crippen molar-refractivity contribution in [3.63, 3.8) is 0 Å². The molecule has 0 heterocycles. The third-order valence-corrected chi connectivity index (χ3v) is 8.22. The number of aryl methyl sites for hydroxylation is 3. The van der Waals surface area contributed by atoms with Crippen LogP contribution in [0.5, 0.6) is 11.5 Å². The molecule has 64 heavy (non-hydrogen) atoms. The van der Waals surface area contributed by atoms with E-state index in [2.05, 4.69) is 13.2 Å². The number of aliphatic hydroxyl groups is 1. The first-order valence-electron chi connectivity index (χ1n) is 18.3. The predicted octanol–water partition coefficient (Wildman–Crippen LogP) is 8.79. The molecule has 0 aliphatic carbocycles. The molecule has 5 N–H and O–H groups in total. The van der Waals surface area contributed by atoms with Crippen molar-refractivity contribution in [3.05, 3.63) is 201 Å². The predicted molar refractivity (Wildman–Crippen MR) is 236 cm³/mol. The van der Waals surface area contributed by atoms with E-state index >= 15 is 0 Å². The Balaban J connectivity index is 0.000000401. The van der Waals surface area contributed by atoms with E-state index in [0.29, 0.717) is 30.2 Å². The van der Waals surface area contributed by atoms with Gasteiger partial charge in [0.1, 0.15) is 17.6 Å². The summed E-state index contributed by atoms with van der Waals surface area (Å²) in [6, 6.07) is 21.1. The van der Waals surface area contributed by atoms with Crippen molar-refractivity contribution in [2.75, 3.05) is 5.73 Å². The minimum absolute atomic E-state index is 0.0524. The number of allylic oxidation sites excluding steroid dienone is 1. The average Bonchev–Trinajstić information content (AvgIpc) is 3.26. The highest BCUT2D eigenvalue weighted by molar-refractivity contribution is 6.07. The van der Waals surface area contributed by atoms with Gasteiger partial charge in [-0.3, -0.25) is 59.6 Å². The number of benzene rings is 5. The van der Waals surface area contributed by atoms with Crippen LogP contribution in [0.25, 0.3) is 0 Å². The normalized spacial score (nSPS) is 10.1. The van der Waals surface area contributed by atoms with Crippen molar-refractivity contribution in [1.29, 1.82) is 0 Å². The second-order valence-corrected chi connectivity index (χ2v) is 12.9. The van der Waals surface area contributed by atoms with Crippen molar-refractivity contribution in [1.82, 2.24) is 0 Å². The van der Waals surface area contributed by atoms with Gasteiger partial charge in [0.2, 0.25) is 0 Å². The summed E-state index contributed by atoms with van der Waals surface area (Å²) in [5.41, 5.74) is 8.52. The molecular weight excluding hydrogens is 839 g/mol. The van der Waals surface area contributed by atoms with Gasteiger partial charge in [-0.25, -0.2) is 0 Å². The molecule has 0 aromatic heterocycles. The maximum absolute atomic E-state index is 11.3. The van der Waals surface area contributed by atoms with Crippen LogP contribution in [0.1, 0.15) is 83.1 Å². The van der Waals surface area contributed by atoms with E-state index in [4.69, 9.17) is 15.9 Å². The van der Waals surface area contributed by atoms with Crippen LogP contribution in [-0.4, -0.2) is 59.2 Å². The van der Waals surface area contributed by atoms with Crippen molar-refractivity contribution < 1.29 is 54.2 Å². The number of hydrogen-bond donors (Lipinski definition) is 4. The molecule has 5 aromatic rings. The van der Waals surface area contributed by atoms with E-state index in [9.17, 15) is 64.7 Å². The molecule has 0 spiro atoms. The molecule has 0 saturated heterocycles. The highest BCUT2D eigenvalue weighted by Gasteiger charge is 2.19. The minimum atomic E-state index is -0.990. The number of nitrogens with two attached hydrogens (primary N) is 1. The van der Waals surface area contributed by atoms with E-state index in [1.165, 1.54) is 54.6 Å². The maximum atomic E-state index is 11.3. The monoisotopic (exact) mass is 881 g/mol. The molecule has 0 aliphatic rings. The smallest absolute Gasteiger partial charge is 0.280 e. The van der Waals surface area contributed by atoms with Gasteiger partial charge in [0.15, 0.2) is 24.1 Å². The molecule has 0 radical (unpaired) electrons. The Bertz CT molecular complexity index is 2510. The number of aromatic hydroxyl groups is 2. The number of phenolic OH excluding ortho intramolecular Hbond substituents is 2. The maximum Gasteiger partial charge on any atom is 0.280 e. The first-order chi connectivity index (χ1) is 30.1. The molecule has 5 aromatic carbocycles. The van der Waals surface area contributed by atoms with Crippen molar-refractivity contribution >= 4 is 52.6 Å². The fraction of sp³-hybridized carbons (Fsp3) is 0.136. The number of ketones is 2. The number of rotatable bonds is 12. The van der Waals surface area contributed by atoms with Crippen LogP contribution in [0.2, 0.25) is 0 Å². The second-order valence-electron chi connectivity index (χ2n) is 12.9. The number of hydrogen-bond acceptors (Lipinski definition) is 16. The molecule has 20 nitrogen and oxygen atoms in total. The topological polar surface area (TPSA) is 328 Å². The number of nitrogen functional groups attached to an aromatic ring is 1. The van der Waals surface area contributed by atoms with Crippen LogP contribution in [0, 0.1) is 61.2 Å². The van der Waals surface area contributed by atoms with Gasteiger partial charge >= 0.3 is 0 Å². The Morgan fingerprint density at radius 3 is 1.52 bits per heavy atom. The number of carbonyl (C=O) groups excluding carboxylic acids is 4. The van der Waals surface area contributed by atoms with Crippen LogP contribution in [0.3, 0.4) is 0 Å². The van der Waals surface area contributed by atoms with Crippen molar-refractivity contribution in [3.8, 4) is 11.5 Å². The third kappa shape index (κ3) is 16.3. The first-order valence-corrected chi connectivity index (χ1v) is 18.3. The lowest BCUT2D eigenvalue weighted by molar-refractivity contribution is -0.386. The highest BCUT2D eigenvalue weighted by atomic mass is 16.6. The SMILES string of the molecule is C=CC(=O)c1cc(C)ccc1[N+](=O)[O-].C=CC(O)c1cc(C)ccc1[N+](=O)[O-].CCC(=O)c1cc(O)ccc1N.Cc1ccc([N+](=O)[O-])c(C=O)c1.O=Cc1cc(O)ccc1[N+](=O)[O-]. The summed E-state index contributed by atoms with van der Waals surface area (Å²) in [7, 11) is 0. The van der Waals surface area contributed by atoms with Gasteiger partial charge in [0, 0.05) is 41.9 Å². The summed E-state index contributed by atoms with van der Waals surface area (Å²) in [6.07, 6.45) is 2.57. The first kappa shape index (κ1) is 53.2. The lowest BCUT2D eigenvalue weighted by Crippen LogP contribution is -2.01. The number of anilines is 1. The standard InChI is InChI=1S/C10H11NO3.C10H9NO3.C9H11NO2.C8H7NO3.C7H5NO4/c2*1-3-10(12)8-6-7(2)4-5-9(8)11(13)14;1-2-9(12)7-5-6(11)3-4-8(7)10;1-6-2-3-8(9(11)12)7(4-6)5-10;9-4-5-3-6(10)1-2-7(5)8(11)12/h3-6,10,12H,1H2,2H3;3-6H,1H2,2H3;3-5,11H,2,10H2,1H3;2-5H,1H3;1-4,10H. The van der Waals surface area contributed by atoms with Crippen molar-refractivity contribution in [2.45, 2.75) is 40.2 Å². The zero-order chi connectivity index (χ0) is 48.8. The van der Waals surface area contributed by atoms with Gasteiger partial charge < -0.3 is 21.1 Å². The number of nitrogens with zero attached hydrogens (tertiary/aromatic N) is 4. The summed E-state index contributed by atoms with van der Waals surface area (Å²) >= 11 is 0. The van der Waals surface area contributed by atoms with Gasteiger partial charge in [0.05, 0.1) is 41.9 Å². The largest absolute Gasteiger partial charge is 0.508 e. The zero-order valence-corrected chi connectivity index (χ0v) is 34.8. The minimum Gasteiger partial charge on any atom is -0.508 e. The molecular formula is C44H43N5O15. The number of nitro groups is 4. The van der Waals surface area contributed by atoms with Crippen LogP contribution < -0.4 is 5.73 Å². The molecule has 0 aliphatic heterocycles. The highest BCUT2D eigenvalue weighted by Crippen LogP contribution is 2.27. The molecule has 20 heteroatoms. The fourth-order valence-corrected chi connectivity index (χ4v) is 5.03.